The van der Waals surface area contributed by atoms with Gasteiger partial charge in [-0.15, -0.1) is 11.3 Å². The van der Waals surface area contributed by atoms with E-state index >= 15 is 0 Å². The fraction of sp³-hybridized carbons (Fsp3) is 0.500. The van der Waals surface area contributed by atoms with E-state index in [2.05, 4.69) is 37.2 Å². The van der Waals surface area contributed by atoms with Crippen molar-refractivity contribution in [2.45, 2.75) is 45.8 Å². The van der Waals surface area contributed by atoms with Crippen LogP contribution in [0.2, 0.25) is 0 Å². The fourth-order valence-electron chi connectivity index (χ4n) is 2.57. The first-order valence-corrected chi connectivity index (χ1v) is 7.95. The van der Waals surface area contributed by atoms with E-state index in [4.69, 9.17) is 10.2 Å². The highest BCUT2D eigenvalue weighted by Crippen LogP contribution is 2.32. The molecule has 0 bridgehead atoms. The van der Waals surface area contributed by atoms with Gasteiger partial charge in [0.15, 0.2) is 0 Å². The van der Waals surface area contributed by atoms with Crippen molar-refractivity contribution in [3.8, 4) is 0 Å². The van der Waals surface area contributed by atoms with Crippen LogP contribution in [0.3, 0.4) is 0 Å². The molecule has 4 heteroatoms. The van der Waals surface area contributed by atoms with E-state index < -0.39 is 0 Å². The van der Waals surface area contributed by atoms with Crippen molar-refractivity contribution in [1.82, 2.24) is 4.90 Å². The predicted octanol–water partition coefficient (Wildman–Crippen LogP) is 3.87. The summed E-state index contributed by atoms with van der Waals surface area (Å²) in [6.07, 6.45) is 2.72. The quantitative estimate of drug-likeness (QED) is 0.879. The molecule has 3 nitrogen and oxygen atoms in total. The van der Waals surface area contributed by atoms with Gasteiger partial charge in [0.1, 0.15) is 5.76 Å². The normalized spacial score (nSPS) is 14.7. The molecule has 2 rings (SSSR count). The molecule has 2 N–H and O–H groups in total. The average Bonchev–Trinajstić information content (AvgIpc) is 3.00. The maximum Gasteiger partial charge on any atom is 0.105 e. The van der Waals surface area contributed by atoms with Crippen LogP contribution in [-0.2, 0) is 6.54 Å². The summed E-state index contributed by atoms with van der Waals surface area (Å²) in [7, 11) is 2.14. The highest BCUT2D eigenvalue weighted by molar-refractivity contribution is 7.10. The summed E-state index contributed by atoms with van der Waals surface area (Å²) >= 11 is 1.80. The van der Waals surface area contributed by atoms with E-state index in [0.717, 1.165) is 18.7 Å². The highest BCUT2D eigenvalue weighted by atomic mass is 32.1. The number of furan rings is 1. The van der Waals surface area contributed by atoms with Gasteiger partial charge < -0.3 is 10.2 Å². The number of aryl methyl sites for hydroxylation is 2. The number of nitrogens with two attached hydrogens (primary N) is 1. The van der Waals surface area contributed by atoms with Gasteiger partial charge in [-0.1, -0.05) is 6.92 Å². The van der Waals surface area contributed by atoms with E-state index in [1.807, 2.05) is 13.0 Å². The van der Waals surface area contributed by atoms with E-state index in [9.17, 15) is 0 Å². The molecule has 0 spiro atoms. The number of likely N-dealkylation sites (N-methyl/N-ethyl adjacent to an activating group) is 1. The Bertz CT molecular complexity index is 546. The number of rotatable bonds is 6. The third kappa shape index (κ3) is 3.14. The molecule has 0 saturated carbocycles. The minimum Gasteiger partial charge on any atom is -0.469 e. The minimum atomic E-state index is 0.143. The molecule has 0 aromatic carbocycles. The summed E-state index contributed by atoms with van der Waals surface area (Å²) in [5.41, 5.74) is 8.95. The summed E-state index contributed by atoms with van der Waals surface area (Å²) in [5.74, 6) is 0.989. The standard InChI is InChI=1S/C16H24N2OS/c1-5-14(17)15(16-11(2)7-9-20-16)18(4)10-13-6-8-19-12(13)3/h6-9,14-15H,5,10,17H2,1-4H3. The molecule has 2 heterocycles. The molecule has 2 unspecified atom stereocenters. The van der Waals surface area contributed by atoms with Crippen molar-refractivity contribution in [2.75, 3.05) is 7.05 Å². The molecular weight excluding hydrogens is 268 g/mol. The summed E-state index contributed by atoms with van der Waals surface area (Å²) in [4.78, 5) is 3.72. The van der Waals surface area contributed by atoms with Gasteiger partial charge in [-0.3, -0.25) is 4.90 Å². The summed E-state index contributed by atoms with van der Waals surface area (Å²) in [5, 5.41) is 2.15. The molecule has 20 heavy (non-hydrogen) atoms. The molecule has 2 atom stereocenters. The highest BCUT2D eigenvalue weighted by Gasteiger charge is 2.26. The fourth-order valence-corrected chi connectivity index (χ4v) is 3.74. The van der Waals surface area contributed by atoms with Crippen molar-refractivity contribution in [2.24, 2.45) is 5.73 Å². The van der Waals surface area contributed by atoms with Crippen LogP contribution in [0.25, 0.3) is 0 Å². The predicted molar refractivity (Wildman–Crippen MR) is 85.0 cm³/mol. The lowest BCUT2D eigenvalue weighted by atomic mass is 10.0. The first kappa shape index (κ1) is 15.3. The van der Waals surface area contributed by atoms with Crippen LogP contribution in [0.4, 0.5) is 0 Å². The second-order valence-corrected chi connectivity index (χ2v) is 6.35. The van der Waals surface area contributed by atoms with Gasteiger partial charge in [0.25, 0.3) is 0 Å². The zero-order valence-electron chi connectivity index (χ0n) is 12.7. The Morgan fingerprint density at radius 3 is 2.60 bits per heavy atom. The Balaban J connectivity index is 2.23. The second kappa shape index (κ2) is 6.57. The minimum absolute atomic E-state index is 0.143. The lowest BCUT2D eigenvalue weighted by molar-refractivity contribution is 0.203. The summed E-state index contributed by atoms with van der Waals surface area (Å²) in [6, 6.07) is 4.62. The maximum atomic E-state index is 6.39. The lowest BCUT2D eigenvalue weighted by Gasteiger charge is -2.32. The van der Waals surface area contributed by atoms with Gasteiger partial charge in [-0.05, 0) is 50.4 Å². The molecule has 2 aromatic heterocycles. The smallest absolute Gasteiger partial charge is 0.105 e. The first-order valence-electron chi connectivity index (χ1n) is 7.07. The van der Waals surface area contributed by atoms with Crippen molar-refractivity contribution in [1.29, 1.82) is 0 Å². The van der Waals surface area contributed by atoms with Crippen molar-refractivity contribution < 1.29 is 4.42 Å². The Morgan fingerprint density at radius 1 is 1.35 bits per heavy atom. The summed E-state index contributed by atoms with van der Waals surface area (Å²) < 4.78 is 5.39. The number of thiophene rings is 1. The van der Waals surface area contributed by atoms with Crippen molar-refractivity contribution in [3.05, 3.63) is 45.5 Å². The number of hydrogen-bond donors (Lipinski definition) is 1. The zero-order valence-corrected chi connectivity index (χ0v) is 13.5. The lowest BCUT2D eigenvalue weighted by Crippen LogP contribution is -2.38. The largest absolute Gasteiger partial charge is 0.469 e. The second-order valence-electron chi connectivity index (χ2n) is 5.40. The van der Waals surface area contributed by atoms with Gasteiger partial charge in [0.05, 0.1) is 12.3 Å². The molecule has 110 valence electrons. The van der Waals surface area contributed by atoms with Gasteiger partial charge in [-0.25, -0.2) is 0 Å². The van der Waals surface area contributed by atoms with E-state index in [1.54, 1.807) is 17.6 Å². The van der Waals surface area contributed by atoms with Crippen LogP contribution in [0.1, 0.15) is 41.2 Å². The first-order chi connectivity index (χ1) is 9.54. The third-order valence-electron chi connectivity index (χ3n) is 3.91. The number of hydrogen-bond acceptors (Lipinski definition) is 4. The Kier molecular flexibility index (Phi) is 5.02. The van der Waals surface area contributed by atoms with Crippen LogP contribution in [0.15, 0.2) is 28.2 Å². The maximum absolute atomic E-state index is 6.39. The number of nitrogens with zero attached hydrogens (tertiary/aromatic N) is 1. The molecular formula is C16H24N2OS. The van der Waals surface area contributed by atoms with Crippen LogP contribution < -0.4 is 5.73 Å². The SMILES string of the molecule is CCC(N)C(c1sccc1C)N(C)Cc1ccoc1C. The van der Waals surface area contributed by atoms with Crippen LogP contribution in [0.5, 0.6) is 0 Å². The van der Waals surface area contributed by atoms with Crippen molar-refractivity contribution >= 4 is 11.3 Å². The molecule has 0 aliphatic carbocycles. The van der Waals surface area contributed by atoms with Gasteiger partial charge >= 0.3 is 0 Å². The molecule has 0 saturated heterocycles. The molecule has 0 radical (unpaired) electrons. The third-order valence-corrected chi connectivity index (χ3v) is 5.00. The van der Waals surface area contributed by atoms with Crippen LogP contribution in [0, 0.1) is 13.8 Å². The summed E-state index contributed by atoms with van der Waals surface area (Å²) in [6.45, 7) is 7.18. The van der Waals surface area contributed by atoms with E-state index in [-0.39, 0.29) is 12.1 Å². The Hall–Kier alpha value is -1.10. The molecule has 0 aliphatic heterocycles. The zero-order chi connectivity index (χ0) is 14.7. The average molecular weight is 292 g/mol. The van der Waals surface area contributed by atoms with Gasteiger partial charge in [0, 0.05) is 23.0 Å². The van der Waals surface area contributed by atoms with Gasteiger partial charge in [-0.2, -0.15) is 0 Å². The molecule has 0 fully saturated rings. The van der Waals surface area contributed by atoms with E-state index in [0.29, 0.717) is 0 Å². The van der Waals surface area contributed by atoms with Gasteiger partial charge in [0.2, 0.25) is 0 Å². The molecule has 2 aromatic rings. The molecule has 0 amide bonds. The van der Waals surface area contributed by atoms with Crippen LogP contribution >= 0.6 is 11.3 Å². The van der Waals surface area contributed by atoms with Crippen molar-refractivity contribution in [3.63, 3.8) is 0 Å². The molecule has 0 aliphatic rings. The Morgan fingerprint density at radius 2 is 2.10 bits per heavy atom. The Labute approximate surface area is 125 Å². The monoisotopic (exact) mass is 292 g/mol. The van der Waals surface area contributed by atoms with E-state index in [1.165, 1.54) is 16.0 Å². The topological polar surface area (TPSA) is 42.4 Å². The van der Waals surface area contributed by atoms with Crippen LogP contribution in [-0.4, -0.2) is 18.0 Å².